The molecule has 27 heavy (non-hydrogen) atoms. The van der Waals surface area contributed by atoms with Crippen LogP contribution >= 0.6 is 22.0 Å². The van der Waals surface area contributed by atoms with Crippen molar-refractivity contribution in [1.29, 1.82) is 0 Å². The molecule has 2 rings (SSSR count). The van der Waals surface area contributed by atoms with E-state index < -0.39 is 26.6 Å². The van der Waals surface area contributed by atoms with Gasteiger partial charge in [0.05, 0.1) is 5.69 Å². The predicted molar refractivity (Wildman–Crippen MR) is 94.7 cm³/mol. The third-order valence-electron chi connectivity index (χ3n) is 3.14. The van der Waals surface area contributed by atoms with Crippen molar-refractivity contribution in [3.63, 3.8) is 0 Å². The highest BCUT2D eigenvalue weighted by Gasteiger charge is 2.65. The van der Waals surface area contributed by atoms with Gasteiger partial charge in [-0.15, -0.1) is 0 Å². The van der Waals surface area contributed by atoms with Gasteiger partial charge in [0.1, 0.15) is 4.90 Å². The minimum Gasteiger partial charge on any atom is -0.365 e. The van der Waals surface area contributed by atoms with Gasteiger partial charge in [-0.2, -0.15) is 11.8 Å². The molecule has 0 atom stereocenters. The number of thioether (sulfide) groups is 1. The van der Waals surface area contributed by atoms with Crippen LogP contribution in [0.3, 0.4) is 0 Å². The molecule has 0 aliphatic rings. The SMILES string of the molecule is CSCCCNc1nonc1C(=Nc1cccc(S(F)(F)(F)(F)F)c1)NO. The standard InChI is InChI=1S/C13H16F5N5O2S2/c1-26-7-3-6-19-12-11(22-25-23-12)13(21-24)20-9-4-2-5-10(8-9)27(14,15,16,17)18/h2,4-5,8,24H,3,6-7H2,1H3,(H,19,23)(H,20,21). The molecule has 3 N–H and O–H groups in total. The van der Waals surface area contributed by atoms with E-state index in [1.54, 1.807) is 17.2 Å². The maximum atomic E-state index is 12.9. The second-order valence-corrected chi connectivity index (χ2v) is 8.67. The number of amidine groups is 1. The second kappa shape index (κ2) is 7.16. The molecule has 1 aromatic carbocycles. The summed E-state index contributed by atoms with van der Waals surface area (Å²) in [6.45, 7) is 0.487. The Morgan fingerprint density at radius 2 is 2.00 bits per heavy atom. The number of rotatable bonds is 8. The molecule has 0 saturated heterocycles. The molecular formula is C13H16F5N5O2S2. The summed E-state index contributed by atoms with van der Waals surface area (Å²) >= 11 is 1.63. The molecule has 1 aromatic heterocycles. The van der Waals surface area contributed by atoms with Crippen LogP contribution in [0, 0.1) is 0 Å². The third-order valence-corrected chi connectivity index (χ3v) is 4.98. The number of hydrogen-bond donors (Lipinski definition) is 3. The lowest BCUT2D eigenvalue weighted by molar-refractivity contribution is 0.234. The first-order chi connectivity index (χ1) is 12.4. The molecule has 152 valence electrons. The Bertz CT molecular complexity index is 828. The Balaban J connectivity index is 2.32. The lowest BCUT2D eigenvalue weighted by Crippen LogP contribution is -2.22. The molecule has 2 aromatic rings. The fourth-order valence-corrected chi connectivity index (χ4v) is 3.05. The molecule has 0 amide bonds. The largest absolute Gasteiger partial charge is 0.365 e. The highest BCUT2D eigenvalue weighted by atomic mass is 32.5. The lowest BCUT2D eigenvalue weighted by Gasteiger charge is -2.40. The number of aliphatic imine (C=N–C) groups is 1. The van der Waals surface area contributed by atoms with Crippen LogP contribution in [0.5, 0.6) is 0 Å². The number of hydrogen-bond acceptors (Lipinski definition) is 7. The van der Waals surface area contributed by atoms with Gasteiger partial charge in [-0.3, -0.25) is 10.7 Å². The third kappa shape index (κ3) is 5.97. The van der Waals surface area contributed by atoms with Crippen molar-refractivity contribution in [2.24, 2.45) is 4.99 Å². The zero-order valence-electron chi connectivity index (χ0n) is 13.8. The molecule has 0 bridgehead atoms. The summed E-state index contributed by atoms with van der Waals surface area (Å²) in [5, 5.41) is 19.2. The minimum absolute atomic E-state index is 0.0836. The normalized spacial score (nSPS) is 15.1. The van der Waals surface area contributed by atoms with Crippen LogP contribution in [0.2, 0.25) is 0 Å². The van der Waals surface area contributed by atoms with Crippen LogP contribution in [-0.4, -0.2) is 39.9 Å². The molecule has 0 spiro atoms. The Morgan fingerprint density at radius 3 is 2.63 bits per heavy atom. The number of nitrogens with zero attached hydrogens (tertiary/aromatic N) is 3. The van der Waals surface area contributed by atoms with Gasteiger partial charge < -0.3 is 5.32 Å². The topological polar surface area (TPSA) is 95.6 Å². The first-order valence-corrected chi connectivity index (χ1v) is 10.7. The monoisotopic (exact) mass is 433 g/mol. The highest BCUT2D eigenvalue weighted by molar-refractivity contribution is 8.45. The predicted octanol–water partition coefficient (Wildman–Crippen LogP) is 4.95. The van der Waals surface area contributed by atoms with Crippen LogP contribution < -0.4 is 10.8 Å². The van der Waals surface area contributed by atoms with E-state index in [0.29, 0.717) is 6.54 Å². The average molecular weight is 433 g/mol. The second-order valence-electron chi connectivity index (χ2n) is 5.27. The van der Waals surface area contributed by atoms with Gasteiger partial charge in [-0.1, -0.05) is 25.5 Å². The van der Waals surface area contributed by atoms with Gasteiger partial charge in [0.25, 0.3) is 0 Å². The van der Waals surface area contributed by atoms with E-state index in [1.807, 2.05) is 6.26 Å². The summed E-state index contributed by atoms with van der Waals surface area (Å²) in [5.41, 5.74) is 1.05. The van der Waals surface area contributed by atoms with E-state index in [2.05, 4.69) is 25.3 Å². The average Bonchev–Trinajstić information content (AvgIpc) is 3.03. The molecule has 0 saturated carbocycles. The van der Waals surface area contributed by atoms with Crippen LogP contribution in [0.25, 0.3) is 0 Å². The molecule has 0 aliphatic carbocycles. The first kappa shape index (κ1) is 21.2. The van der Waals surface area contributed by atoms with E-state index >= 15 is 0 Å². The summed E-state index contributed by atoms with van der Waals surface area (Å²) < 4.78 is 69.2. The Hall–Kier alpha value is -2.06. The maximum Gasteiger partial charge on any atom is 0.310 e. The summed E-state index contributed by atoms with van der Waals surface area (Å²) in [6.07, 6.45) is 2.71. The maximum absolute atomic E-state index is 12.9. The highest BCUT2D eigenvalue weighted by Crippen LogP contribution is 3.02. The van der Waals surface area contributed by atoms with E-state index in [1.165, 1.54) is 0 Å². The zero-order valence-corrected chi connectivity index (χ0v) is 15.5. The first-order valence-electron chi connectivity index (χ1n) is 7.33. The van der Waals surface area contributed by atoms with Gasteiger partial charge in [0.2, 0.25) is 5.82 Å². The van der Waals surface area contributed by atoms with Gasteiger partial charge in [-0.05, 0) is 46.9 Å². The van der Waals surface area contributed by atoms with Crippen LogP contribution in [-0.2, 0) is 0 Å². The van der Waals surface area contributed by atoms with Crippen molar-refractivity contribution in [3.8, 4) is 0 Å². The quantitative estimate of drug-likeness (QED) is 0.178. The van der Waals surface area contributed by atoms with Gasteiger partial charge in [0.15, 0.2) is 11.5 Å². The number of hydroxylamine groups is 1. The molecule has 1 heterocycles. The summed E-state index contributed by atoms with van der Waals surface area (Å²) in [5.74, 6) is 0.525. The molecule has 0 fully saturated rings. The van der Waals surface area contributed by atoms with Gasteiger partial charge in [-0.25, -0.2) is 9.62 Å². The zero-order chi connectivity index (χ0) is 20.2. The Labute approximate surface area is 155 Å². The molecule has 0 radical (unpaired) electrons. The summed E-state index contributed by atoms with van der Waals surface area (Å²) in [4.78, 5) is 1.60. The molecule has 0 aliphatic heterocycles. The van der Waals surface area contributed by atoms with Crippen molar-refractivity contribution in [2.75, 3.05) is 23.9 Å². The van der Waals surface area contributed by atoms with E-state index in [-0.39, 0.29) is 23.6 Å². The number of nitrogens with one attached hydrogen (secondary N) is 2. The molecule has 7 nitrogen and oxygen atoms in total. The van der Waals surface area contributed by atoms with Crippen molar-refractivity contribution in [3.05, 3.63) is 30.0 Å². The Kier molecular flexibility index (Phi) is 5.64. The number of anilines is 1. The summed E-state index contributed by atoms with van der Waals surface area (Å²) in [6, 6.07) is 2.27. The van der Waals surface area contributed by atoms with Gasteiger partial charge >= 0.3 is 10.2 Å². The van der Waals surface area contributed by atoms with E-state index in [9.17, 15) is 24.6 Å². The summed E-state index contributed by atoms with van der Waals surface area (Å²) in [7, 11) is -9.85. The van der Waals surface area contributed by atoms with Gasteiger partial charge in [0, 0.05) is 6.54 Å². The lowest BCUT2D eigenvalue weighted by atomic mass is 10.3. The minimum atomic E-state index is -9.85. The molecule has 14 heteroatoms. The molecule has 0 unspecified atom stereocenters. The smallest absolute Gasteiger partial charge is 0.310 e. The van der Waals surface area contributed by atoms with Crippen molar-refractivity contribution in [2.45, 2.75) is 11.3 Å². The van der Waals surface area contributed by atoms with Crippen molar-refractivity contribution < 1.29 is 29.3 Å². The number of benzene rings is 1. The Morgan fingerprint density at radius 1 is 1.26 bits per heavy atom. The van der Waals surface area contributed by atoms with Crippen LogP contribution in [0.1, 0.15) is 12.1 Å². The molecular weight excluding hydrogens is 417 g/mol. The van der Waals surface area contributed by atoms with E-state index in [0.717, 1.165) is 24.3 Å². The van der Waals surface area contributed by atoms with Crippen LogP contribution in [0.15, 0.2) is 38.8 Å². The number of aromatic nitrogens is 2. The number of halogens is 5. The fourth-order valence-electron chi connectivity index (χ4n) is 1.94. The van der Waals surface area contributed by atoms with Crippen LogP contribution in [0.4, 0.5) is 30.9 Å². The van der Waals surface area contributed by atoms with E-state index in [4.69, 9.17) is 0 Å². The van der Waals surface area contributed by atoms with Crippen molar-refractivity contribution >= 4 is 39.3 Å². The van der Waals surface area contributed by atoms with Crippen molar-refractivity contribution in [1.82, 2.24) is 15.8 Å². The fraction of sp³-hybridized carbons (Fsp3) is 0.308.